The summed E-state index contributed by atoms with van der Waals surface area (Å²) in [6.07, 6.45) is 0. The topological polar surface area (TPSA) is 26.3 Å². The second-order valence-corrected chi connectivity index (χ2v) is 3.47. The normalized spacial score (nSPS) is 9.75. The summed E-state index contributed by atoms with van der Waals surface area (Å²) in [5, 5.41) is 0. The lowest BCUT2D eigenvalue weighted by Crippen LogP contribution is -1.90. The summed E-state index contributed by atoms with van der Waals surface area (Å²) < 4.78 is 4.73. The molecule has 80 valence electrons. The molecule has 0 radical (unpaired) electrons. The van der Waals surface area contributed by atoms with Gasteiger partial charge in [0, 0.05) is 0 Å². The lowest BCUT2D eigenvalue weighted by Gasteiger charge is -2.04. The number of carbonyl (C=O) groups is 1. The van der Waals surface area contributed by atoms with Gasteiger partial charge in [-0.25, -0.2) is 0 Å². The van der Waals surface area contributed by atoms with Crippen LogP contribution in [0.3, 0.4) is 0 Å². The van der Waals surface area contributed by atoms with Gasteiger partial charge in [0.1, 0.15) is 6.61 Å². The van der Waals surface area contributed by atoms with E-state index in [1.165, 1.54) is 0 Å². The molecular formula is C14H12O2. The van der Waals surface area contributed by atoms with Gasteiger partial charge in [-0.3, -0.25) is 4.79 Å². The van der Waals surface area contributed by atoms with E-state index in [0.717, 1.165) is 16.7 Å². The van der Waals surface area contributed by atoms with Gasteiger partial charge in [0.25, 0.3) is 6.47 Å². The standard InChI is InChI=1S/C14H12O2/c15-11-16-10-12-5-4-8-14(9-12)13-6-2-1-3-7-13/h1-9,11H,10H2. The average molecular weight is 212 g/mol. The van der Waals surface area contributed by atoms with Crippen LogP contribution in [0.2, 0.25) is 0 Å². The van der Waals surface area contributed by atoms with E-state index in [2.05, 4.69) is 12.1 Å². The molecule has 0 aliphatic heterocycles. The Balaban J connectivity index is 2.25. The van der Waals surface area contributed by atoms with Gasteiger partial charge in [0.05, 0.1) is 0 Å². The number of benzene rings is 2. The fourth-order valence-corrected chi connectivity index (χ4v) is 1.60. The van der Waals surface area contributed by atoms with Gasteiger partial charge in [-0.05, 0) is 22.8 Å². The molecule has 2 heteroatoms. The monoisotopic (exact) mass is 212 g/mol. The molecule has 0 amide bonds. The fourth-order valence-electron chi connectivity index (χ4n) is 1.60. The van der Waals surface area contributed by atoms with Crippen molar-refractivity contribution in [3.63, 3.8) is 0 Å². The van der Waals surface area contributed by atoms with Crippen molar-refractivity contribution in [1.82, 2.24) is 0 Å². The van der Waals surface area contributed by atoms with Crippen molar-refractivity contribution in [2.45, 2.75) is 6.61 Å². The van der Waals surface area contributed by atoms with Crippen molar-refractivity contribution in [2.24, 2.45) is 0 Å². The van der Waals surface area contributed by atoms with E-state index in [1.807, 2.05) is 42.5 Å². The molecule has 2 nitrogen and oxygen atoms in total. The first-order valence-corrected chi connectivity index (χ1v) is 5.10. The molecule has 0 aromatic heterocycles. The first-order valence-electron chi connectivity index (χ1n) is 5.10. The first-order chi connectivity index (χ1) is 7.90. The van der Waals surface area contributed by atoms with E-state index in [9.17, 15) is 4.79 Å². The van der Waals surface area contributed by atoms with E-state index in [0.29, 0.717) is 13.1 Å². The Kier molecular flexibility index (Phi) is 3.34. The number of hydrogen-bond donors (Lipinski definition) is 0. The minimum Gasteiger partial charge on any atom is -0.463 e. The summed E-state index contributed by atoms with van der Waals surface area (Å²) in [6, 6.07) is 18.1. The van der Waals surface area contributed by atoms with E-state index in [4.69, 9.17) is 4.74 Å². The summed E-state index contributed by atoms with van der Waals surface area (Å²) >= 11 is 0. The summed E-state index contributed by atoms with van der Waals surface area (Å²) in [7, 11) is 0. The second kappa shape index (κ2) is 5.12. The molecule has 0 unspecified atom stereocenters. The maximum atomic E-state index is 10.1. The van der Waals surface area contributed by atoms with Gasteiger partial charge in [-0.2, -0.15) is 0 Å². The van der Waals surface area contributed by atoms with Gasteiger partial charge in [-0.15, -0.1) is 0 Å². The minimum atomic E-state index is 0.324. The molecule has 0 atom stereocenters. The first kappa shape index (κ1) is 10.4. The number of carbonyl (C=O) groups excluding carboxylic acids is 1. The Hall–Kier alpha value is -2.09. The largest absolute Gasteiger partial charge is 0.463 e. The number of rotatable bonds is 4. The fraction of sp³-hybridized carbons (Fsp3) is 0.0714. The second-order valence-electron chi connectivity index (χ2n) is 3.47. The Morgan fingerprint density at radius 2 is 1.69 bits per heavy atom. The summed E-state index contributed by atoms with van der Waals surface area (Å²) in [4.78, 5) is 10.1. The summed E-state index contributed by atoms with van der Waals surface area (Å²) in [6.45, 7) is 0.791. The smallest absolute Gasteiger partial charge is 0.293 e. The Morgan fingerprint density at radius 1 is 0.938 bits per heavy atom. The molecule has 2 rings (SSSR count). The summed E-state index contributed by atoms with van der Waals surface area (Å²) in [5.41, 5.74) is 3.29. The number of hydrogen-bond acceptors (Lipinski definition) is 2. The zero-order valence-corrected chi connectivity index (χ0v) is 8.80. The van der Waals surface area contributed by atoms with Gasteiger partial charge in [0.2, 0.25) is 0 Å². The molecule has 0 aliphatic rings. The van der Waals surface area contributed by atoms with Crippen molar-refractivity contribution in [3.8, 4) is 11.1 Å². The van der Waals surface area contributed by atoms with Crippen LogP contribution in [0, 0.1) is 0 Å². The highest BCUT2D eigenvalue weighted by Gasteiger charge is 1.98. The maximum Gasteiger partial charge on any atom is 0.293 e. The van der Waals surface area contributed by atoms with Crippen molar-refractivity contribution >= 4 is 6.47 Å². The molecule has 0 N–H and O–H groups in total. The van der Waals surface area contributed by atoms with Crippen LogP contribution in [0.15, 0.2) is 54.6 Å². The van der Waals surface area contributed by atoms with Crippen molar-refractivity contribution in [2.75, 3.05) is 0 Å². The average Bonchev–Trinajstić information content (AvgIpc) is 2.38. The number of ether oxygens (including phenoxy) is 1. The van der Waals surface area contributed by atoms with Crippen molar-refractivity contribution in [1.29, 1.82) is 0 Å². The molecule has 2 aromatic rings. The van der Waals surface area contributed by atoms with E-state index < -0.39 is 0 Å². The zero-order chi connectivity index (χ0) is 11.2. The van der Waals surface area contributed by atoms with Gasteiger partial charge >= 0.3 is 0 Å². The molecule has 0 fully saturated rings. The van der Waals surface area contributed by atoms with Gasteiger partial charge in [0.15, 0.2) is 0 Å². The van der Waals surface area contributed by atoms with Crippen LogP contribution in [0.4, 0.5) is 0 Å². The van der Waals surface area contributed by atoms with Gasteiger partial charge < -0.3 is 4.74 Å². The molecule has 2 aromatic carbocycles. The van der Waals surface area contributed by atoms with Crippen LogP contribution in [-0.4, -0.2) is 6.47 Å². The van der Waals surface area contributed by atoms with Crippen molar-refractivity contribution in [3.05, 3.63) is 60.2 Å². The SMILES string of the molecule is O=COCc1cccc(-c2ccccc2)c1. The molecule has 0 saturated heterocycles. The van der Waals surface area contributed by atoms with Crippen LogP contribution in [0.25, 0.3) is 11.1 Å². The molecule has 0 spiro atoms. The lowest BCUT2D eigenvalue weighted by molar-refractivity contribution is -0.129. The Bertz CT molecular complexity index is 463. The molecule has 0 aliphatic carbocycles. The molecule has 0 saturated carbocycles. The highest BCUT2D eigenvalue weighted by Crippen LogP contribution is 2.20. The van der Waals surface area contributed by atoms with Crippen LogP contribution >= 0.6 is 0 Å². The highest BCUT2D eigenvalue weighted by molar-refractivity contribution is 5.63. The third-order valence-corrected chi connectivity index (χ3v) is 2.35. The molecule has 0 heterocycles. The highest BCUT2D eigenvalue weighted by atomic mass is 16.5. The predicted molar refractivity (Wildman–Crippen MR) is 62.7 cm³/mol. The van der Waals surface area contributed by atoms with E-state index in [1.54, 1.807) is 0 Å². The third-order valence-electron chi connectivity index (χ3n) is 2.35. The maximum absolute atomic E-state index is 10.1. The molecule has 0 bridgehead atoms. The van der Waals surface area contributed by atoms with Crippen LogP contribution < -0.4 is 0 Å². The van der Waals surface area contributed by atoms with E-state index >= 15 is 0 Å². The Morgan fingerprint density at radius 3 is 2.44 bits per heavy atom. The van der Waals surface area contributed by atoms with Crippen molar-refractivity contribution < 1.29 is 9.53 Å². The van der Waals surface area contributed by atoms with Gasteiger partial charge in [-0.1, -0.05) is 48.5 Å². The quantitative estimate of drug-likeness (QED) is 0.728. The third kappa shape index (κ3) is 2.48. The summed E-state index contributed by atoms with van der Waals surface area (Å²) in [5.74, 6) is 0. The predicted octanol–water partition coefficient (Wildman–Crippen LogP) is 3.03. The molecular weight excluding hydrogens is 200 g/mol. The van der Waals surface area contributed by atoms with Crippen LogP contribution in [0.1, 0.15) is 5.56 Å². The van der Waals surface area contributed by atoms with E-state index in [-0.39, 0.29) is 0 Å². The van der Waals surface area contributed by atoms with Crippen LogP contribution in [-0.2, 0) is 16.1 Å². The Labute approximate surface area is 94.5 Å². The minimum absolute atomic E-state index is 0.324. The molecule has 16 heavy (non-hydrogen) atoms. The zero-order valence-electron chi connectivity index (χ0n) is 8.80. The lowest BCUT2D eigenvalue weighted by atomic mass is 10.0. The van der Waals surface area contributed by atoms with Crippen LogP contribution in [0.5, 0.6) is 0 Å².